The topological polar surface area (TPSA) is 92.5 Å². The molecule has 0 aliphatic heterocycles. The van der Waals surface area contributed by atoms with Gasteiger partial charge in [0.25, 0.3) is 0 Å². The van der Waals surface area contributed by atoms with Crippen LogP contribution in [-0.4, -0.2) is 14.8 Å². The Kier molecular flexibility index (Phi) is 4.42. The number of nitrogens with two attached hydrogens (primary N) is 1. The SMILES string of the molecule is Cc1ccccc1-c1cc(N)c2cnc(Nc3ccn([C@@H](C)C#N)n3)cc2c1. The Morgan fingerprint density at radius 2 is 1.96 bits per heavy atom. The average molecular weight is 368 g/mol. The fraction of sp³-hybridized carbons (Fsp3) is 0.136. The second-order valence-corrected chi connectivity index (χ2v) is 6.78. The first-order valence-electron chi connectivity index (χ1n) is 9.02. The number of benzene rings is 2. The van der Waals surface area contributed by atoms with Crippen molar-refractivity contribution in [2.75, 3.05) is 11.1 Å². The van der Waals surface area contributed by atoms with Gasteiger partial charge < -0.3 is 11.1 Å². The van der Waals surface area contributed by atoms with E-state index in [1.54, 1.807) is 24.0 Å². The summed E-state index contributed by atoms with van der Waals surface area (Å²) >= 11 is 0. The van der Waals surface area contributed by atoms with E-state index in [9.17, 15) is 0 Å². The summed E-state index contributed by atoms with van der Waals surface area (Å²) in [4.78, 5) is 4.45. The van der Waals surface area contributed by atoms with Crippen LogP contribution in [0.3, 0.4) is 0 Å². The first kappa shape index (κ1) is 17.6. The van der Waals surface area contributed by atoms with Gasteiger partial charge in [-0.1, -0.05) is 24.3 Å². The Morgan fingerprint density at radius 1 is 1.14 bits per heavy atom. The minimum atomic E-state index is -0.323. The summed E-state index contributed by atoms with van der Waals surface area (Å²) in [6.07, 6.45) is 3.54. The van der Waals surface area contributed by atoms with E-state index in [4.69, 9.17) is 11.0 Å². The monoisotopic (exact) mass is 368 g/mol. The number of anilines is 3. The lowest BCUT2D eigenvalue weighted by molar-refractivity contribution is 0.593. The molecular formula is C22H20N6. The molecule has 2 aromatic carbocycles. The number of nitrogens with zero attached hydrogens (tertiary/aromatic N) is 4. The van der Waals surface area contributed by atoms with E-state index >= 15 is 0 Å². The van der Waals surface area contributed by atoms with Gasteiger partial charge in [0, 0.05) is 29.5 Å². The van der Waals surface area contributed by atoms with E-state index in [1.165, 1.54) is 5.56 Å². The molecule has 0 radical (unpaired) electrons. The van der Waals surface area contributed by atoms with Crippen LogP contribution in [0, 0.1) is 18.3 Å². The molecule has 0 spiro atoms. The van der Waals surface area contributed by atoms with Crippen LogP contribution < -0.4 is 11.1 Å². The average Bonchev–Trinajstić information content (AvgIpc) is 3.16. The normalized spacial score (nSPS) is 11.9. The van der Waals surface area contributed by atoms with Crippen molar-refractivity contribution in [1.29, 1.82) is 5.26 Å². The zero-order chi connectivity index (χ0) is 19.7. The molecule has 0 aliphatic rings. The lowest BCUT2D eigenvalue weighted by Gasteiger charge is -2.11. The highest BCUT2D eigenvalue weighted by atomic mass is 15.3. The van der Waals surface area contributed by atoms with Gasteiger partial charge in [-0.05, 0) is 54.1 Å². The Labute approximate surface area is 163 Å². The summed E-state index contributed by atoms with van der Waals surface area (Å²) in [5.41, 5.74) is 10.4. The van der Waals surface area contributed by atoms with Gasteiger partial charge in [-0.2, -0.15) is 10.4 Å². The number of hydrogen-bond acceptors (Lipinski definition) is 5. The van der Waals surface area contributed by atoms with Gasteiger partial charge in [-0.25, -0.2) is 4.98 Å². The minimum absolute atomic E-state index is 0.323. The summed E-state index contributed by atoms with van der Waals surface area (Å²) in [5.74, 6) is 1.31. The summed E-state index contributed by atoms with van der Waals surface area (Å²) in [6, 6.07) is 18.0. The summed E-state index contributed by atoms with van der Waals surface area (Å²) < 4.78 is 1.61. The van der Waals surface area contributed by atoms with Crippen molar-refractivity contribution in [1.82, 2.24) is 14.8 Å². The molecule has 0 amide bonds. The number of aromatic nitrogens is 3. The molecule has 0 bridgehead atoms. The third kappa shape index (κ3) is 3.26. The lowest BCUT2D eigenvalue weighted by Crippen LogP contribution is -2.04. The number of hydrogen-bond donors (Lipinski definition) is 2. The van der Waals surface area contributed by atoms with E-state index in [1.807, 2.05) is 30.3 Å². The number of aryl methyl sites for hydroxylation is 1. The van der Waals surface area contributed by atoms with Gasteiger partial charge in [-0.3, -0.25) is 4.68 Å². The summed E-state index contributed by atoms with van der Waals surface area (Å²) in [6.45, 7) is 3.88. The fourth-order valence-electron chi connectivity index (χ4n) is 3.22. The molecule has 4 aromatic rings. The highest BCUT2D eigenvalue weighted by Gasteiger charge is 2.09. The molecule has 4 rings (SSSR count). The molecule has 138 valence electrons. The Balaban J connectivity index is 1.71. The molecule has 6 nitrogen and oxygen atoms in total. The number of rotatable bonds is 4. The van der Waals surface area contributed by atoms with Crippen LogP contribution in [-0.2, 0) is 0 Å². The van der Waals surface area contributed by atoms with Crippen LogP contribution in [0.15, 0.2) is 60.9 Å². The molecule has 28 heavy (non-hydrogen) atoms. The molecule has 0 aliphatic carbocycles. The lowest BCUT2D eigenvalue weighted by atomic mass is 9.97. The predicted octanol–water partition coefficient (Wildman–Crippen LogP) is 4.82. The molecule has 2 aromatic heterocycles. The Bertz CT molecular complexity index is 1200. The summed E-state index contributed by atoms with van der Waals surface area (Å²) in [5, 5.41) is 18.5. The Hall–Kier alpha value is -3.85. The fourth-order valence-corrected chi connectivity index (χ4v) is 3.22. The maximum absolute atomic E-state index is 9.02. The van der Waals surface area contributed by atoms with Gasteiger partial charge in [0.05, 0.1) is 6.07 Å². The largest absolute Gasteiger partial charge is 0.398 e. The smallest absolute Gasteiger partial charge is 0.153 e. The molecule has 2 heterocycles. The molecule has 0 saturated heterocycles. The van der Waals surface area contributed by atoms with Gasteiger partial charge in [-0.15, -0.1) is 0 Å². The van der Waals surface area contributed by atoms with E-state index in [-0.39, 0.29) is 6.04 Å². The maximum Gasteiger partial charge on any atom is 0.153 e. The zero-order valence-corrected chi connectivity index (χ0v) is 15.7. The molecular weight excluding hydrogens is 348 g/mol. The molecule has 0 saturated carbocycles. The Morgan fingerprint density at radius 3 is 2.75 bits per heavy atom. The van der Waals surface area contributed by atoms with Crippen LogP contribution >= 0.6 is 0 Å². The van der Waals surface area contributed by atoms with E-state index < -0.39 is 0 Å². The van der Waals surface area contributed by atoms with Crippen molar-refractivity contribution < 1.29 is 0 Å². The zero-order valence-electron chi connectivity index (χ0n) is 15.7. The van der Waals surface area contributed by atoms with Gasteiger partial charge in [0.15, 0.2) is 5.82 Å². The first-order valence-corrected chi connectivity index (χ1v) is 9.02. The van der Waals surface area contributed by atoms with Crippen LogP contribution in [0.1, 0.15) is 18.5 Å². The van der Waals surface area contributed by atoms with E-state index in [0.29, 0.717) is 17.3 Å². The number of fused-ring (bicyclic) bond motifs is 1. The van der Waals surface area contributed by atoms with Crippen molar-refractivity contribution in [3.05, 3.63) is 66.5 Å². The maximum atomic E-state index is 9.02. The number of nitrogens with one attached hydrogen (secondary N) is 1. The minimum Gasteiger partial charge on any atom is -0.398 e. The highest BCUT2D eigenvalue weighted by molar-refractivity contribution is 5.97. The van der Waals surface area contributed by atoms with Crippen molar-refractivity contribution in [3.63, 3.8) is 0 Å². The molecule has 6 heteroatoms. The van der Waals surface area contributed by atoms with Crippen molar-refractivity contribution in [2.45, 2.75) is 19.9 Å². The highest BCUT2D eigenvalue weighted by Crippen LogP contribution is 2.32. The van der Waals surface area contributed by atoms with Crippen LogP contribution in [0.25, 0.3) is 21.9 Å². The summed E-state index contributed by atoms with van der Waals surface area (Å²) in [7, 11) is 0. The standard InChI is InChI=1S/C22H20N6/c1-14-5-3-4-6-18(14)16-9-17-11-22(25-13-19(17)20(24)10-16)26-21-7-8-28(27-21)15(2)12-23/h3-11,13,15H,24H2,1-2H3,(H,25,26,27)/t15-/m0/s1. The second kappa shape index (κ2) is 7.05. The van der Waals surface area contributed by atoms with E-state index in [2.05, 4.69) is 46.6 Å². The van der Waals surface area contributed by atoms with Crippen molar-refractivity contribution in [2.24, 2.45) is 0 Å². The molecule has 3 N–H and O–H groups in total. The number of nitrogen functional groups attached to an aromatic ring is 1. The van der Waals surface area contributed by atoms with Crippen molar-refractivity contribution >= 4 is 28.1 Å². The van der Waals surface area contributed by atoms with E-state index in [0.717, 1.165) is 21.9 Å². The van der Waals surface area contributed by atoms with Gasteiger partial charge >= 0.3 is 0 Å². The third-order valence-corrected chi connectivity index (χ3v) is 4.77. The first-order chi connectivity index (χ1) is 13.5. The van der Waals surface area contributed by atoms with Crippen LogP contribution in [0.4, 0.5) is 17.3 Å². The number of pyridine rings is 1. The molecule has 1 atom stereocenters. The molecule has 0 unspecified atom stereocenters. The predicted molar refractivity (Wildman–Crippen MR) is 112 cm³/mol. The van der Waals surface area contributed by atoms with Crippen LogP contribution in [0.5, 0.6) is 0 Å². The van der Waals surface area contributed by atoms with Gasteiger partial charge in [0.2, 0.25) is 0 Å². The second-order valence-electron chi connectivity index (χ2n) is 6.78. The number of nitriles is 1. The van der Waals surface area contributed by atoms with Crippen LogP contribution in [0.2, 0.25) is 0 Å². The quantitative estimate of drug-likeness (QED) is 0.504. The van der Waals surface area contributed by atoms with Gasteiger partial charge in [0.1, 0.15) is 11.9 Å². The molecule has 0 fully saturated rings. The third-order valence-electron chi connectivity index (χ3n) is 4.77. The van der Waals surface area contributed by atoms with Crippen molar-refractivity contribution in [3.8, 4) is 17.2 Å².